The second-order valence-corrected chi connectivity index (χ2v) is 7.62. The molecule has 2 aromatic rings. The van der Waals surface area contributed by atoms with E-state index in [1.807, 2.05) is 36.1 Å². The van der Waals surface area contributed by atoms with Crippen molar-refractivity contribution in [2.24, 2.45) is 0 Å². The molecule has 0 aliphatic carbocycles. The Balaban J connectivity index is 1.53. The van der Waals surface area contributed by atoms with Crippen molar-refractivity contribution < 1.29 is 9.59 Å². The summed E-state index contributed by atoms with van der Waals surface area (Å²) in [6, 6.07) is 7.87. The highest BCUT2D eigenvalue weighted by Gasteiger charge is 2.27. The van der Waals surface area contributed by atoms with Crippen LogP contribution >= 0.6 is 11.5 Å². The lowest BCUT2D eigenvalue weighted by Crippen LogP contribution is -2.50. The van der Waals surface area contributed by atoms with Crippen LogP contribution in [0.5, 0.6) is 0 Å². The number of carbonyl (C=O) groups is 2. The highest BCUT2D eigenvalue weighted by molar-refractivity contribution is 7.10. The van der Waals surface area contributed by atoms with E-state index in [1.54, 1.807) is 7.05 Å². The Morgan fingerprint density at radius 3 is 2.57 bits per heavy atom. The average Bonchev–Trinajstić information content (AvgIpc) is 3.09. The first-order valence-electron chi connectivity index (χ1n) is 9.56. The minimum atomic E-state index is -0.0176. The van der Waals surface area contributed by atoms with Gasteiger partial charge in [0.05, 0.1) is 17.8 Å². The quantitative estimate of drug-likeness (QED) is 0.778. The Morgan fingerprint density at radius 2 is 1.89 bits per heavy atom. The zero-order chi connectivity index (χ0) is 20.1. The molecule has 0 spiro atoms. The van der Waals surface area contributed by atoms with Crippen LogP contribution in [-0.4, -0.2) is 65.8 Å². The molecule has 28 heavy (non-hydrogen) atoms. The zero-order valence-electron chi connectivity index (χ0n) is 16.6. The van der Waals surface area contributed by atoms with Gasteiger partial charge in [0.2, 0.25) is 5.91 Å². The molecule has 1 fully saturated rings. The molecule has 1 aromatic carbocycles. The van der Waals surface area contributed by atoms with Crippen molar-refractivity contribution in [2.75, 3.05) is 50.4 Å². The van der Waals surface area contributed by atoms with Gasteiger partial charge in [0, 0.05) is 38.9 Å². The van der Waals surface area contributed by atoms with Gasteiger partial charge >= 0.3 is 0 Å². The van der Waals surface area contributed by atoms with Crippen LogP contribution in [0.25, 0.3) is 0 Å². The molecule has 3 rings (SSSR count). The van der Waals surface area contributed by atoms with Gasteiger partial charge in [-0.3, -0.25) is 14.5 Å². The van der Waals surface area contributed by atoms with Gasteiger partial charge in [0.15, 0.2) is 0 Å². The van der Waals surface area contributed by atoms with E-state index in [2.05, 4.69) is 26.8 Å². The largest absolute Gasteiger partial charge is 0.378 e. The molecular weight excluding hydrogens is 374 g/mol. The molecular formula is C20H27N5O2S. The number of piperazine rings is 1. The Bertz CT molecular complexity index is 843. The zero-order valence-corrected chi connectivity index (χ0v) is 17.4. The fourth-order valence-corrected chi connectivity index (χ4v) is 4.14. The number of carbonyl (C=O) groups excluding carboxylic acids is 2. The number of hydrogen-bond acceptors (Lipinski definition) is 6. The van der Waals surface area contributed by atoms with E-state index < -0.39 is 0 Å². The van der Waals surface area contributed by atoms with Gasteiger partial charge in [-0.2, -0.15) is 4.37 Å². The number of benzene rings is 1. The third-order valence-corrected chi connectivity index (χ3v) is 5.96. The monoisotopic (exact) mass is 401 g/mol. The van der Waals surface area contributed by atoms with Crippen molar-refractivity contribution in [1.82, 2.24) is 14.2 Å². The summed E-state index contributed by atoms with van der Waals surface area (Å²) < 4.78 is 4.28. The molecule has 1 aromatic heterocycles. The summed E-state index contributed by atoms with van der Waals surface area (Å²) in [5, 5.41) is 6.86. The fraction of sp³-hybridized carbons (Fsp3) is 0.450. The molecule has 0 bridgehead atoms. The molecule has 1 aliphatic heterocycles. The molecule has 0 saturated carbocycles. The Morgan fingerprint density at radius 1 is 1.18 bits per heavy atom. The van der Waals surface area contributed by atoms with E-state index in [0.717, 1.165) is 28.4 Å². The third kappa shape index (κ3) is 4.51. The fourth-order valence-electron chi connectivity index (χ4n) is 3.40. The van der Waals surface area contributed by atoms with Crippen LogP contribution in [0.2, 0.25) is 0 Å². The summed E-state index contributed by atoms with van der Waals surface area (Å²) in [5.41, 5.74) is 3.43. The molecule has 0 atom stereocenters. The number of aromatic nitrogens is 1. The normalized spacial score (nSPS) is 14.8. The van der Waals surface area contributed by atoms with Crippen molar-refractivity contribution in [3.8, 4) is 0 Å². The van der Waals surface area contributed by atoms with E-state index in [-0.39, 0.29) is 11.8 Å². The van der Waals surface area contributed by atoms with E-state index in [0.29, 0.717) is 38.3 Å². The molecule has 2 amide bonds. The highest BCUT2D eigenvalue weighted by atomic mass is 32.1. The van der Waals surface area contributed by atoms with E-state index in [9.17, 15) is 9.59 Å². The Labute approximate surface area is 169 Å². The summed E-state index contributed by atoms with van der Waals surface area (Å²) >= 11 is 1.31. The Hall–Kier alpha value is -2.45. The number of rotatable bonds is 6. The lowest BCUT2D eigenvalue weighted by Gasteiger charge is -2.34. The van der Waals surface area contributed by atoms with Crippen molar-refractivity contribution in [3.63, 3.8) is 0 Å². The molecule has 1 aliphatic rings. The number of amides is 2. The molecule has 7 nitrogen and oxygen atoms in total. The van der Waals surface area contributed by atoms with E-state index in [1.165, 1.54) is 11.5 Å². The minimum absolute atomic E-state index is 0.0107. The van der Waals surface area contributed by atoms with Gasteiger partial charge in [-0.05, 0) is 36.5 Å². The smallest absolute Gasteiger partial charge is 0.258 e. The predicted molar refractivity (Wildman–Crippen MR) is 113 cm³/mol. The van der Waals surface area contributed by atoms with Gasteiger partial charge < -0.3 is 15.5 Å². The van der Waals surface area contributed by atoms with Crippen molar-refractivity contribution in [2.45, 2.75) is 20.3 Å². The molecule has 2 heterocycles. The number of aryl methyl sites for hydroxylation is 2. The first kappa shape index (κ1) is 20.3. The second-order valence-electron chi connectivity index (χ2n) is 6.85. The summed E-state index contributed by atoms with van der Waals surface area (Å²) in [5.74, 6) is -0.00685. The number of anilines is 2. The average molecular weight is 402 g/mol. The van der Waals surface area contributed by atoms with Crippen LogP contribution < -0.4 is 10.6 Å². The first-order valence-corrected chi connectivity index (χ1v) is 10.3. The molecule has 150 valence electrons. The van der Waals surface area contributed by atoms with Crippen LogP contribution in [0.3, 0.4) is 0 Å². The highest BCUT2D eigenvalue weighted by Crippen LogP contribution is 2.25. The minimum Gasteiger partial charge on any atom is -0.378 e. The van der Waals surface area contributed by atoms with Gasteiger partial charge in [-0.15, -0.1) is 0 Å². The van der Waals surface area contributed by atoms with Crippen LogP contribution in [0.4, 0.5) is 10.7 Å². The third-order valence-electron chi connectivity index (χ3n) is 5.00. The predicted octanol–water partition coefficient (Wildman–Crippen LogP) is 2.45. The van der Waals surface area contributed by atoms with Crippen molar-refractivity contribution in [3.05, 3.63) is 41.1 Å². The Kier molecular flexibility index (Phi) is 6.64. The molecule has 0 radical (unpaired) electrons. The summed E-state index contributed by atoms with van der Waals surface area (Å²) in [7, 11) is 1.80. The lowest BCUT2D eigenvalue weighted by atomic mass is 10.1. The topological polar surface area (TPSA) is 77.6 Å². The van der Waals surface area contributed by atoms with Gasteiger partial charge in [0.25, 0.3) is 5.91 Å². The molecule has 1 saturated heterocycles. The maximum atomic E-state index is 12.9. The first-order chi connectivity index (χ1) is 13.5. The van der Waals surface area contributed by atoms with Gasteiger partial charge in [-0.1, -0.05) is 25.1 Å². The van der Waals surface area contributed by atoms with Crippen LogP contribution in [0.1, 0.15) is 28.5 Å². The number of para-hydroxylation sites is 1. The summed E-state index contributed by atoms with van der Waals surface area (Å²) in [6.45, 7) is 6.85. The SMILES string of the molecule is CCc1ccccc1NC(=O)CN1CCN(C(=O)c2c(C)nsc2NC)CC1. The number of nitrogens with one attached hydrogen (secondary N) is 2. The number of hydrogen-bond donors (Lipinski definition) is 2. The summed E-state index contributed by atoms with van der Waals surface area (Å²) in [6.07, 6.45) is 0.878. The number of nitrogens with zero attached hydrogens (tertiary/aromatic N) is 3. The van der Waals surface area contributed by atoms with Crippen molar-refractivity contribution >= 4 is 34.0 Å². The van der Waals surface area contributed by atoms with E-state index in [4.69, 9.17) is 0 Å². The summed E-state index contributed by atoms with van der Waals surface area (Å²) in [4.78, 5) is 29.2. The van der Waals surface area contributed by atoms with E-state index >= 15 is 0 Å². The molecule has 2 N–H and O–H groups in total. The van der Waals surface area contributed by atoms with Crippen LogP contribution in [0, 0.1) is 6.92 Å². The maximum absolute atomic E-state index is 12.9. The van der Waals surface area contributed by atoms with Crippen LogP contribution in [-0.2, 0) is 11.2 Å². The van der Waals surface area contributed by atoms with Gasteiger partial charge in [-0.25, -0.2) is 0 Å². The van der Waals surface area contributed by atoms with Crippen molar-refractivity contribution in [1.29, 1.82) is 0 Å². The standard InChI is InChI=1S/C20H27N5O2S/c1-4-15-7-5-6-8-16(15)22-17(26)13-24-9-11-25(12-10-24)20(27)18-14(2)23-28-19(18)21-3/h5-8,21H,4,9-13H2,1-3H3,(H,22,26). The molecule has 0 unspecified atom stereocenters. The molecule has 8 heteroatoms. The van der Waals surface area contributed by atoms with Crippen LogP contribution in [0.15, 0.2) is 24.3 Å². The lowest BCUT2D eigenvalue weighted by molar-refractivity contribution is -0.117. The van der Waals surface area contributed by atoms with Gasteiger partial charge in [0.1, 0.15) is 5.00 Å². The maximum Gasteiger partial charge on any atom is 0.258 e. The second kappa shape index (κ2) is 9.16.